The van der Waals surface area contributed by atoms with Crippen molar-refractivity contribution in [1.82, 2.24) is 10.3 Å². The first-order chi connectivity index (χ1) is 11.7. The van der Waals surface area contributed by atoms with Crippen molar-refractivity contribution in [3.05, 3.63) is 58.9 Å². The van der Waals surface area contributed by atoms with Crippen LogP contribution in [0.5, 0.6) is 5.75 Å². The molecule has 0 saturated heterocycles. The van der Waals surface area contributed by atoms with E-state index in [0.29, 0.717) is 6.54 Å². The van der Waals surface area contributed by atoms with Crippen LogP contribution in [0.25, 0.3) is 11.1 Å². The number of rotatable bonds is 4. The van der Waals surface area contributed by atoms with Crippen LogP contribution in [0.2, 0.25) is 0 Å². The van der Waals surface area contributed by atoms with Crippen molar-refractivity contribution < 1.29 is 9.53 Å². The Hall–Kier alpha value is -2.62. The molecule has 2 aliphatic rings. The van der Waals surface area contributed by atoms with Gasteiger partial charge < -0.3 is 10.1 Å². The molecule has 1 N–H and O–H groups in total. The molecule has 0 atom stereocenters. The van der Waals surface area contributed by atoms with Crippen molar-refractivity contribution >= 4 is 17.1 Å². The van der Waals surface area contributed by atoms with E-state index in [-0.39, 0.29) is 5.91 Å². The van der Waals surface area contributed by atoms with Gasteiger partial charge in [0, 0.05) is 37.8 Å². The molecule has 0 saturated carbocycles. The predicted molar refractivity (Wildman–Crippen MR) is 93.7 cm³/mol. The monoisotopic (exact) mass is 320 g/mol. The van der Waals surface area contributed by atoms with Crippen LogP contribution in [0.3, 0.4) is 0 Å². The number of carbonyl (C=O) groups is 1. The van der Waals surface area contributed by atoms with Gasteiger partial charge in [0.2, 0.25) is 5.91 Å². The lowest BCUT2D eigenvalue weighted by Crippen LogP contribution is -2.21. The van der Waals surface area contributed by atoms with Crippen LogP contribution in [0.15, 0.2) is 36.7 Å². The maximum atomic E-state index is 11.2. The van der Waals surface area contributed by atoms with Gasteiger partial charge in [-0.2, -0.15) is 0 Å². The summed E-state index contributed by atoms with van der Waals surface area (Å²) in [6.45, 7) is 2.97. The van der Waals surface area contributed by atoms with Crippen LogP contribution >= 0.6 is 0 Å². The van der Waals surface area contributed by atoms with Crippen LogP contribution in [0.4, 0.5) is 0 Å². The second kappa shape index (κ2) is 6.11. The quantitative estimate of drug-likeness (QED) is 0.942. The van der Waals surface area contributed by atoms with Crippen molar-refractivity contribution in [2.75, 3.05) is 13.2 Å². The molecule has 2 aromatic rings. The summed E-state index contributed by atoms with van der Waals surface area (Å²) in [6.07, 6.45) is 6.43. The van der Waals surface area contributed by atoms with Gasteiger partial charge in [-0.1, -0.05) is 12.1 Å². The van der Waals surface area contributed by atoms with E-state index >= 15 is 0 Å². The maximum absolute atomic E-state index is 11.2. The second-order valence-electron chi connectivity index (χ2n) is 6.28. The fraction of sp³-hybridized carbons (Fsp3) is 0.300. The number of benzene rings is 1. The van der Waals surface area contributed by atoms with Crippen LogP contribution in [-0.4, -0.2) is 24.0 Å². The largest absolute Gasteiger partial charge is 0.493 e. The maximum Gasteiger partial charge on any atom is 0.216 e. The molecule has 1 amide bonds. The van der Waals surface area contributed by atoms with Crippen LogP contribution in [-0.2, 0) is 17.6 Å². The Balaban J connectivity index is 1.78. The summed E-state index contributed by atoms with van der Waals surface area (Å²) in [5, 5.41) is 2.92. The van der Waals surface area contributed by atoms with Crippen molar-refractivity contribution in [2.24, 2.45) is 0 Å². The van der Waals surface area contributed by atoms with Gasteiger partial charge in [-0.05, 0) is 52.8 Å². The van der Waals surface area contributed by atoms with Gasteiger partial charge in [0.1, 0.15) is 5.75 Å². The van der Waals surface area contributed by atoms with Gasteiger partial charge in [0.25, 0.3) is 0 Å². The molecule has 24 heavy (non-hydrogen) atoms. The molecular weight excluding hydrogens is 300 g/mol. The third kappa shape index (κ3) is 2.58. The molecule has 0 radical (unpaired) electrons. The molecule has 0 bridgehead atoms. The summed E-state index contributed by atoms with van der Waals surface area (Å²) in [4.78, 5) is 15.5. The van der Waals surface area contributed by atoms with Crippen molar-refractivity contribution in [3.63, 3.8) is 0 Å². The van der Waals surface area contributed by atoms with Crippen molar-refractivity contribution in [2.45, 2.75) is 26.2 Å². The Bertz CT molecular complexity index is 825. The number of allylic oxidation sites excluding steroid dienone is 1. The molecule has 1 aliphatic carbocycles. The number of fused-ring (bicyclic) bond motifs is 3. The summed E-state index contributed by atoms with van der Waals surface area (Å²) in [7, 11) is 0. The van der Waals surface area contributed by atoms with E-state index < -0.39 is 0 Å². The Morgan fingerprint density at radius 2 is 2.25 bits per heavy atom. The van der Waals surface area contributed by atoms with Gasteiger partial charge >= 0.3 is 0 Å². The second-order valence-corrected chi connectivity index (χ2v) is 6.28. The Labute approximate surface area is 141 Å². The molecule has 4 rings (SSSR count). The minimum atomic E-state index is 0.0124. The first-order valence-electron chi connectivity index (χ1n) is 8.39. The zero-order valence-corrected chi connectivity index (χ0v) is 13.8. The highest BCUT2D eigenvalue weighted by molar-refractivity contribution is 5.98. The molecule has 1 aromatic heterocycles. The van der Waals surface area contributed by atoms with E-state index in [9.17, 15) is 4.79 Å². The molecule has 0 spiro atoms. The highest BCUT2D eigenvalue weighted by atomic mass is 16.5. The van der Waals surface area contributed by atoms with E-state index in [4.69, 9.17) is 4.74 Å². The molecule has 2 heterocycles. The Kier molecular flexibility index (Phi) is 3.81. The Morgan fingerprint density at radius 3 is 3.04 bits per heavy atom. The van der Waals surface area contributed by atoms with Gasteiger partial charge in [0.05, 0.1) is 6.61 Å². The fourth-order valence-electron chi connectivity index (χ4n) is 3.75. The topological polar surface area (TPSA) is 51.2 Å². The Morgan fingerprint density at radius 1 is 1.33 bits per heavy atom. The van der Waals surface area contributed by atoms with E-state index in [1.165, 1.54) is 33.4 Å². The van der Waals surface area contributed by atoms with Crippen molar-refractivity contribution in [3.8, 4) is 5.75 Å². The van der Waals surface area contributed by atoms with Crippen LogP contribution in [0.1, 0.15) is 35.6 Å². The zero-order chi connectivity index (χ0) is 16.5. The lowest BCUT2D eigenvalue weighted by molar-refractivity contribution is -0.118. The summed E-state index contributed by atoms with van der Waals surface area (Å²) >= 11 is 0. The van der Waals surface area contributed by atoms with E-state index in [1.807, 2.05) is 12.3 Å². The number of nitrogens with one attached hydrogen (secondary N) is 1. The lowest BCUT2D eigenvalue weighted by atomic mass is 9.94. The van der Waals surface area contributed by atoms with E-state index in [1.54, 1.807) is 13.1 Å². The molecule has 0 fully saturated rings. The number of hydrogen-bond acceptors (Lipinski definition) is 3. The predicted octanol–water partition coefficient (Wildman–Crippen LogP) is 3.01. The average molecular weight is 320 g/mol. The van der Waals surface area contributed by atoms with Gasteiger partial charge in [-0.25, -0.2) is 0 Å². The van der Waals surface area contributed by atoms with Gasteiger partial charge in [-0.15, -0.1) is 0 Å². The van der Waals surface area contributed by atoms with Gasteiger partial charge in [0.15, 0.2) is 0 Å². The number of ether oxygens (including phenoxy) is 1. The number of aromatic nitrogens is 1. The summed E-state index contributed by atoms with van der Waals surface area (Å²) in [6, 6.07) is 8.37. The van der Waals surface area contributed by atoms with Crippen LogP contribution in [0, 0.1) is 0 Å². The van der Waals surface area contributed by atoms with Crippen molar-refractivity contribution in [1.29, 1.82) is 0 Å². The smallest absolute Gasteiger partial charge is 0.216 e. The number of hydrogen-bond donors (Lipinski definition) is 1. The third-order valence-electron chi connectivity index (χ3n) is 4.76. The average Bonchev–Trinajstić information content (AvgIpc) is 3.19. The highest BCUT2D eigenvalue weighted by Gasteiger charge is 2.28. The molecule has 122 valence electrons. The minimum absolute atomic E-state index is 0.0124. The summed E-state index contributed by atoms with van der Waals surface area (Å²) in [5.74, 6) is 1.02. The summed E-state index contributed by atoms with van der Waals surface area (Å²) in [5.41, 5.74) is 7.84. The zero-order valence-electron chi connectivity index (χ0n) is 13.8. The lowest BCUT2D eigenvalue weighted by Gasteiger charge is -2.12. The number of pyridine rings is 1. The number of amides is 1. The van der Waals surface area contributed by atoms with Gasteiger partial charge in [-0.3, -0.25) is 9.78 Å². The molecular formula is C20H20N2O2. The molecule has 0 unspecified atom stereocenters. The minimum Gasteiger partial charge on any atom is -0.493 e. The van der Waals surface area contributed by atoms with E-state index in [2.05, 4.69) is 28.5 Å². The molecule has 4 nitrogen and oxygen atoms in total. The molecule has 4 heteroatoms. The number of carbonyl (C=O) groups excluding carboxylic acids is 1. The first kappa shape index (κ1) is 14.9. The summed E-state index contributed by atoms with van der Waals surface area (Å²) < 4.78 is 5.75. The fourth-order valence-corrected chi connectivity index (χ4v) is 3.75. The van der Waals surface area contributed by atoms with E-state index in [0.717, 1.165) is 31.6 Å². The normalized spacial score (nSPS) is 15.0. The number of nitrogens with zero attached hydrogens (tertiary/aromatic N) is 1. The molecule has 1 aliphatic heterocycles. The standard InChI is InChI=1S/C20H20N2O2/c1-13(23)22-9-6-16-18(15-3-2-8-21-12-15)11-14-4-5-19-17(20(14)16)7-10-24-19/h2-5,8,12H,6-7,9-11H2,1H3,(H,22,23). The third-order valence-corrected chi connectivity index (χ3v) is 4.76. The first-order valence-corrected chi connectivity index (χ1v) is 8.39. The SMILES string of the molecule is CC(=O)NCCC1=C(c2cccnc2)Cc2ccc3c(c21)CCO3. The van der Waals surface area contributed by atoms with Crippen LogP contribution < -0.4 is 10.1 Å². The molecule has 1 aromatic carbocycles. The highest BCUT2D eigenvalue weighted by Crippen LogP contribution is 2.45.